The zero-order valence-electron chi connectivity index (χ0n) is 15.3. The van der Waals surface area contributed by atoms with Crippen LogP contribution in [0.5, 0.6) is 0 Å². The molecule has 0 radical (unpaired) electrons. The third-order valence-corrected chi connectivity index (χ3v) is 4.47. The highest BCUT2D eigenvalue weighted by molar-refractivity contribution is 5.33. The quantitative estimate of drug-likeness (QED) is 0.681. The van der Waals surface area contributed by atoms with Crippen LogP contribution < -0.4 is 5.32 Å². The second kappa shape index (κ2) is 8.33. The Balaban J connectivity index is 1.82. The summed E-state index contributed by atoms with van der Waals surface area (Å²) in [5.74, 6) is 0. The van der Waals surface area contributed by atoms with E-state index in [1.54, 1.807) is 0 Å². The van der Waals surface area contributed by atoms with Gasteiger partial charge in [0.15, 0.2) is 6.29 Å². The van der Waals surface area contributed by atoms with Crippen molar-refractivity contribution in [1.29, 1.82) is 0 Å². The molecule has 2 aromatic rings. The van der Waals surface area contributed by atoms with Gasteiger partial charge < -0.3 is 14.8 Å². The minimum atomic E-state index is -4.90. The van der Waals surface area contributed by atoms with Gasteiger partial charge in [-0.2, -0.15) is 26.3 Å². The van der Waals surface area contributed by atoms with E-state index in [0.717, 1.165) is 5.56 Å². The van der Waals surface area contributed by atoms with Crippen molar-refractivity contribution >= 4 is 0 Å². The van der Waals surface area contributed by atoms with Gasteiger partial charge in [-0.25, -0.2) is 0 Å². The van der Waals surface area contributed by atoms with Crippen LogP contribution in [0.15, 0.2) is 48.5 Å². The maximum absolute atomic E-state index is 13.0. The summed E-state index contributed by atoms with van der Waals surface area (Å²) < 4.78 is 89.3. The standard InChI is InChI=1S/C20H19F6NO2/c1-12-10-28-18(17(27-12)14-5-3-2-4-6-14)29-11-13-7-15(19(21,22)23)9-16(8-13)20(24,25)26/h2-9,12,17-18,27H,10-11H2,1H3/t12-,17+,18-/m1/s1. The van der Waals surface area contributed by atoms with Crippen LogP contribution in [-0.4, -0.2) is 18.9 Å². The van der Waals surface area contributed by atoms with Crippen LogP contribution in [0.4, 0.5) is 26.3 Å². The lowest BCUT2D eigenvalue weighted by molar-refractivity contribution is -0.192. The summed E-state index contributed by atoms with van der Waals surface area (Å²) in [6, 6.07) is 10.1. The first-order valence-corrected chi connectivity index (χ1v) is 8.86. The number of benzene rings is 2. The van der Waals surface area contributed by atoms with Crippen molar-refractivity contribution in [3.63, 3.8) is 0 Å². The Labute approximate surface area is 163 Å². The molecule has 0 aliphatic carbocycles. The van der Waals surface area contributed by atoms with E-state index in [4.69, 9.17) is 9.47 Å². The first-order chi connectivity index (χ1) is 13.5. The second-order valence-electron chi connectivity index (χ2n) is 6.88. The van der Waals surface area contributed by atoms with Crippen LogP contribution in [0.3, 0.4) is 0 Å². The minimum absolute atomic E-state index is 0.00504. The SMILES string of the molecule is C[C@@H]1CO[C@H](OCc2cc(C(F)(F)F)cc(C(F)(F)F)c2)[C@H](c2ccccc2)N1. The van der Waals surface area contributed by atoms with Gasteiger partial charge in [0, 0.05) is 6.04 Å². The fourth-order valence-electron chi connectivity index (χ4n) is 3.11. The summed E-state index contributed by atoms with van der Waals surface area (Å²) in [6.07, 6.45) is -10.7. The molecule has 1 heterocycles. The van der Waals surface area contributed by atoms with Gasteiger partial charge in [-0.3, -0.25) is 0 Å². The van der Waals surface area contributed by atoms with Crippen LogP contribution in [0, 0.1) is 0 Å². The fourth-order valence-corrected chi connectivity index (χ4v) is 3.11. The molecule has 0 spiro atoms. The normalized spacial score (nSPS) is 23.2. The third kappa shape index (κ3) is 5.49. The summed E-state index contributed by atoms with van der Waals surface area (Å²) in [5, 5.41) is 3.28. The summed E-state index contributed by atoms with van der Waals surface area (Å²) in [5.41, 5.74) is -2.14. The van der Waals surface area contributed by atoms with Crippen molar-refractivity contribution in [2.75, 3.05) is 6.61 Å². The number of rotatable bonds is 4. The van der Waals surface area contributed by atoms with Crippen molar-refractivity contribution in [3.05, 3.63) is 70.8 Å². The Hall–Kier alpha value is -2.10. The molecular weight excluding hydrogens is 400 g/mol. The Morgan fingerprint density at radius 1 is 0.966 bits per heavy atom. The van der Waals surface area contributed by atoms with Gasteiger partial charge in [0.05, 0.1) is 30.4 Å². The highest BCUT2D eigenvalue weighted by atomic mass is 19.4. The van der Waals surface area contributed by atoms with E-state index in [1.807, 2.05) is 37.3 Å². The number of alkyl halides is 6. The molecule has 1 aliphatic rings. The van der Waals surface area contributed by atoms with Crippen molar-refractivity contribution < 1.29 is 35.8 Å². The maximum atomic E-state index is 13.0. The number of ether oxygens (including phenoxy) is 2. The van der Waals surface area contributed by atoms with Crippen LogP contribution in [0.2, 0.25) is 0 Å². The third-order valence-electron chi connectivity index (χ3n) is 4.47. The first kappa shape index (κ1) is 21.6. The predicted octanol–water partition coefficient (Wildman–Crippen LogP) is 5.32. The average Bonchev–Trinajstić information content (AvgIpc) is 2.66. The second-order valence-corrected chi connectivity index (χ2v) is 6.88. The number of hydrogen-bond acceptors (Lipinski definition) is 3. The molecule has 1 N–H and O–H groups in total. The Bertz CT molecular complexity index is 790. The predicted molar refractivity (Wildman–Crippen MR) is 92.8 cm³/mol. The van der Waals surface area contributed by atoms with E-state index in [1.165, 1.54) is 0 Å². The van der Waals surface area contributed by atoms with Gasteiger partial charge in [0.1, 0.15) is 0 Å². The van der Waals surface area contributed by atoms with E-state index in [9.17, 15) is 26.3 Å². The van der Waals surface area contributed by atoms with E-state index in [-0.39, 0.29) is 17.7 Å². The molecule has 0 aromatic heterocycles. The van der Waals surface area contributed by atoms with Crippen molar-refractivity contribution in [1.82, 2.24) is 5.32 Å². The smallest absolute Gasteiger partial charge is 0.349 e. The number of halogens is 6. The lowest BCUT2D eigenvalue weighted by Gasteiger charge is -2.36. The zero-order chi connectivity index (χ0) is 21.2. The summed E-state index contributed by atoms with van der Waals surface area (Å²) in [7, 11) is 0. The monoisotopic (exact) mass is 419 g/mol. The lowest BCUT2D eigenvalue weighted by atomic mass is 10.0. The van der Waals surface area contributed by atoms with Crippen LogP contribution in [0.1, 0.15) is 35.2 Å². The largest absolute Gasteiger partial charge is 0.416 e. The van der Waals surface area contributed by atoms with Crippen molar-refractivity contribution in [2.45, 2.75) is 44.3 Å². The molecule has 2 aromatic carbocycles. The van der Waals surface area contributed by atoms with Gasteiger partial charge in [-0.05, 0) is 36.2 Å². The molecule has 1 fully saturated rings. The van der Waals surface area contributed by atoms with Gasteiger partial charge in [-0.15, -0.1) is 0 Å². The summed E-state index contributed by atoms with van der Waals surface area (Å²) in [6.45, 7) is 1.73. The summed E-state index contributed by atoms with van der Waals surface area (Å²) in [4.78, 5) is 0. The van der Waals surface area contributed by atoms with E-state index < -0.39 is 42.4 Å². The van der Waals surface area contributed by atoms with E-state index in [2.05, 4.69) is 5.32 Å². The molecule has 29 heavy (non-hydrogen) atoms. The topological polar surface area (TPSA) is 30.5 Å². The van der Waals surface area contributed by atoms with Crippen LogP contribution >= 0.6 is 0 Å². The van der Waals surface area contributed by atoms with Gasteiger partial charge >= 0.3 is 12.4 Å². The average molecular weight is 419 g/mol. The number of morpholine rings is 1. The first-order valence-electron chi connectivity index (χ1n) is 8.86. The molecule has 0 saturated carbocycles. The molecule has 158 valence electrons. The minimum Gasteiger partial charge on any atom is -0.349 e. The summed E-state index contributed by atoms with van der Waals surface area (Å²) >= 11 is 0. The van der Waals surface area contributed by atoms with Crippen molar-refractivity contribution in [2.24, 2.45) is 0 Å². The molecular formula is C20H19F6NO2. The number of nitrogens with one attached hydrogen (secondary N) is 1. The van der Waals surface area contributed by atoms with E-state index in [0.29, 0.717) is 18.7 Å². The van der Waals surface area contributed by atoms with Crippen LogP contribution in [0.25, 0.3) is 0 Å². The molecule has 3 nitrogen and oxygen atoms in total. The zero-order valence-corrected chi connectivity index (χ0v) is 15.3. The Morgan fingerprint density at radius 2 is 1.55 bits per heavy atom. The van der Waals surface area contributed by atoms with Crippen LogP contribution in [-0.2, 0) is 28.4 Å². The maximum Gasteiger partial charge on any atom is 0.416 e. The number of hydrogen-bond donors (Lipinski definition) is 1. The fraction of sp³-hybridized carbons (Fsp3) is 0.400. The molecule has 0 bridgehead atoms. The van der Waals surface area contributed by atoms with Gasteiger partial charge in [0.2, 0.25) is 0 Å². The molecule has 1 saturated heterocycles. The molecule has 0 unspecified atom stereocenters. The highest BCUT2D eigenvalue weighted by Gasteiger charge is 2.37. The molecule has 0 amide bonds. The molecule has 3 rings (SSSR count). The van der Waals surface area contributed by atoms with Gasteiger partial charge in [0.25, 0.3) is 0 Å². The van der Waals surface area contributed by atoms with E-state index >= 15 is 0 Å². The van der Waals surface area contributed by atoms with Crippen molar-refractivity contribution in [3.8, 4) is 0 Å². The Morgan fingerprint density at radius 3 is 2.10 bits per heavy atom. The Kier molecular flexibility index (Phi) is 6.21. The van der Waals surface area contributed by atoms with Gasteiger partial charge in [-0.1, -0.05) is 30.3 Å². The lowest BCUT2D eigenvalue weighted by Crippen LogP contribution is -2.48. The highest BCUT2D eigenvalue weighted by Crippen LogP contribution is 2.36. The molecule has 1 aliphatic heterocycles. The molecule has 9 heteroatoms. The molecule has 3 atom stereocenters.